The van der Waals surface area contributed by atoms with Crippen LogP contribution in [0, 0.1) is 11.8 Å². The minimum Gasteiger partial charge on any atom is -0.400 e. The Morgan fingerprint density at radius 2 is 1.53 bits per heavy atom. The van der Waals surface area contributed by atoms with Gasteiger partial charge in [0.05, 0.1) is 22.0 Å². The van der Waals surface area contributed by atoms with E-state index in [9.17, 15) is 40.3 Å². The molecule has 0 radical (unpaired) electrons. The molecule has 0 aromatic heterocycles. The Morgan fingerprint density at radius 1 is 0.947 bits per heavy atom. The first-order valence-corrected chi connectivity index (χ1v) is 14.2. The van der Waals surface area contributed by atoms with Gasteiger partial charge in [0.2, 0.25) is 0 Å². The summed E-state index contributed by atoms with van der Waals surface area (Å²) in [4.78, 5) is 37.1. The SMILES string of the molecule is C=C(Br)C(=O)Nc1ccc(NC2=CC(S(=O)(=O)O)=C(N)C3C(=O)c4ccccc4C(=O)C23)c(S(=O)(=O)O)c1. The third kappa shape index (κ3) is 4.93. The summed E-state index contributed by atoms with van der Waals surface area (Å²) >= 11 is 2.88. The maximum atomic E-state index is 13.5. The highest BCUT2D eigenvalue weighted by molar-refractivity contribution is 9.12. The van der Waals surface area contributed by atoms with Gasteiger partial charge in [0.25, 0.3) is 26.1 Å². The van der Waals surface area contributed by atoms with Crippen molar-refractivity contribution in [1.29, 1.82) is 0 Å². The minimum absolute atomic E-state index is 0.00439. The predicted octanol–water partition coefficient (Wildman–Crippen LogP) is 2.46. The van der Waals surface area contributed by atoms with E-state index in [1.807, 2.05) is 0 Å². The van der Waals surface area contributed by atoms with Crippen molar-refractivity contribution in [3.8, 4) is 0 Å². The summed E-state index contributed by atoms with van der Waals surface area (Å²) in [6.45, 7) is 3.39. The smallest absolute Gasteiger partial charge is 0.296 e. The fourth-order valence-corrected chi connectivity index (χ4v) is 5.74. The number of fused-ring (bicyclic) bond motifs is 2. The van der Waals surface area contributed by atoms with Crippen molar-refractivity contribution in [2.45, 2.75) is 4.90 Å². The number of carbonyl (C=O) groups is 3. The second-order valence-electron chi connectivity index (χ2n) is 8.29. The third-order valence-electron chi connectivity index (χ3n) is 5.92. The largest absolute Gasteiger partial charge is 0.400 e. The fraction of sp³-hybridized carbons (Fsp3) is 0.0870. The number of carbonyl (C=O) groups excluding carboxylic acids is 3. The number of rotatable bonds is 6. The summed E-state index contributed by atoms with van der Waals surface area (Å²) in [6.07, 6.45) is 0.823. The summed E-state index contributed by atoms with van der Waals surface area (Å²) in [5.41, 5.74) is 4.81. The Morgan fingerprint density at radius 3 is 2.05 bits per heavy atom. The van der Waals surface area contributed by atoms with Crippen molar-refractivity contribution >= 4 is 65.0 Å². The minimum atomic E-state index is -4.99. The molecule has 2 aliphatic rings. The fourth-order valence-electron chi connectivity index (χ4n) is 4.27. The number of allylic oxidation sites excluding steroid dienone is 3. The van der Waals surface area contributed by atoms with Gasteiger partial charge in [-0.3, -0.25) is 23.5 Å². The van der Waals surface area contributed by atoms with Crippen LogP contribution in [-0.2, 0) is 25.0 Å². The molecule has 2 aliphatic carbocycles. The van der Waals surface area contributed by atoms with Gasteiger partial charge in [0.1, 0.15) is 9.80 Å². The molecule has 0 fully saturated rings. The number of amides is 1. The summed E-state index contributed by atoms with van der Waals surface area (Å²) < 4.78 is 68.1. The Kier molecular flexibility index (Phi) is 6.92. The van der Waals surface area contributed by atoms with Crippen LogP contribution in [0.25, 0.3) is 0 Å². The molecule has 0 spiro atoms. The Labute approximate surface area is 224 Å². The highest BCUT2D eigenvalue weighted by atomic mass is 79.9. The van der Waals surface area contributed by atoms with E-state index in [4.69, 9.17) is 5.73 Å². The van der Waals surface area contributed by atoms with Crippen LogP contribution in [0.4, 0.5) is 11.4 Å². The lowest BCUT2D eigenvalue weighted by molar-refractivity contribution is -0.112. The second kappa shape index (κ2) is 9.59. The molecule has 2 unspecified atom stereocenters. The lowest BCUT2D eigenvalue weighted by atomic mass is 9.69. The van der Waals surface area contributed by atoms with Gasteiger partial charge >= 0.3 is 0 Å². The average Bonchev–Trinajstić information content (AvgIpc) is 2.82. The van der Waals surface area contributed by atoms with Crippen molar-refractivity contribution in [2.24, 2.45) is 17.6 Å². The summed E-state index contributed by atoms with van der Waals surface area (Å²) in [5, 5.41) is 4.96. The Bertz CT molecular complexity index is 1730. The number of halogens is 1. The third-order valence-corrected chi connectivity index (χ3v) is 8.08. The standard InChI is InChI=1S/C23H18BrN3O9S2/c1-10(24)23(30)26-11-6-7-14(16(8-11)37(31,32)33)27-15-9-17(38(34,35)36)20(25)19-18(15)21(28)12-4-2-3-5-13(12)22(19)29/h2-9,18-19,27H,1,25H2,(H,26,30)(H,31,32,33)(H,34,35,36). The van der Waals surface area contributed by atoms with E-state index in [0.717, 1.165) is 18.2 Å². The van der Waals surface area contributed by atoms with E-state index in [1.54, 1.807) is 0 Å². The van der Waals surface area contributed by atoms with Gasteiger partial charge in [0, 0.05) is 28.2 Å². The van der Waals surface area contributed by atoms with Gasteiger partial charge in [-0.05, 0) is 40.2 Å². The van der Waals surface area contributed by atoms with Crippen LogP contribution >= 0.6 is 15.9 Å². The molecule has 2 aromatic carbocycles. The quantitative estimate of drug-likeness (QED) is 0.233. The van der Waals surface area contributed by atoms with Crippen LogP contribution < -0.4 is 16.4 Å². The maximum Gasteiger partial charge on any atom is 0.296 e. The molecular weight excluding hydrogens is 606 g/mol. The lowest BCUT2D eigenvalue weighted by Crippen LogP contribution is -2.44. The van der Waals surface area contributed by atoms with Crippen LogP contribution in [0.1, 0.15) is 20.7 Å². The zero-order valence-electron chi connectivity index (χ0n) is 19.0. The highest BCUT2D eigenvalue weighted by Gasteiger charge is 2.48. The van der Waals surface area contributed by atoms with E-state index < -0.39 is 65.0 Å². The van der Waals surface area contributed by atoms with E-state index in [0.29, 0.717) is 0 Å². The summed E-state index contributed by atoms with van der Waals surface area (Å²) in [7, 11) is -9.94. The zero-order valence-corrected chi connectivity index (χ0v) is 22.2. The molecule has 38 heavy (non-hydrogen) atoms. The molecule has 198 valence electrons. The lowest BCUT2D eigenvalue weighted by Gasteiger charge is -2.36. The molecule has 0 aliphatic heterocycles. The number of hydrogen-bond donors (Lipinski definition) is 5. The predicted molar refractivity (Wildman–Crippen MR) is 140 cm³/mol. The zero-order chi connectivity index (χ0) is 28.2. The topological polar surface area (TPSA) is 210 Å². The van der Waals surface area contributed by atoms with Crippen LogP contribution in [0.3, 0.4) is 0 Å². The Hall–Kier alpha value is -3.63. The van der Waals surface area contributed by atoms with Crippen LogP contribution in [0.5, 0.6) is 0 Å². The average molecular weight is 624 g/mol. The molecule has 2 aromatic rings. The normalized spacial score (nSPS) is 19.3. The van der Waals surface area contributed by atoms with Crippen LogP contribution in [0.2, 0.25) is 0 Å². The number of hydrogen-bond acceptors (Lipinski definition) is 9. The molecule has 6 N–H and O–H groups in total. The monoisotopic (exact) mass is 623 g/mol. The van der Waals surface area contributed by atoms with Crippen molar-refractivity contribution in [3.63, 3.8) is 0 Å². The molecule has 15 heteroatoms. The Balaban J connectivity index is 1.88. The molecule has 4 rings (SSSR count). The number of anilines is 2. The van der Waals surface area contributed by atoms with E-state index >= 15 is 0 Å². The summed E-state index contributed by atoms with van der Waals surface area (Å²) in [5.74, 6) is -4.94. The molecule has 0 saturated heterocycles. The van der Waals surface area contributed by atoms with Gasteiger partial charge in [-0.2, -0.15) is 16.8 Å². The van der Waals surface area contributed by atoms with Crippen molar-refractivity contribution < 1.29 is 40.3 Å². The van der Waals surface area contributed by atoms with Gasteiger partial charge in [-0.15, -0.1) is 0 Å². The van der Waals surface area contributed by atoms with E-state index in [2.05, 4.69) is 33.1 Å². The first-order chi connectivity index (χ1) is 17.6. The van der Waals surface area contributed by atoms with E-state index in [-0.39, 0.29) is 32.7 Å². The molecular formula is C23H18BrN3O9S2. The number of nitrogens with one attached hydrogen (secondary N) is 2. The van der Waals surface area contributed by atoms with Gasteiger partial charge < -0.3 is 16.4 Å². The van der Waals surface area contributed by atoms with Crippen molar-refractivity contribution in [3.05, 3.63) is 87.0 Å². The number of Topliss-reactive ketones (excluding diaryl/α,β-unsaturated/α-hetero) is 2. The van der Waals surface area contributed by atoms with Crippen LogP contribution in [-0.4, -0.2) is 43.4 Å². The molecule has 12 nitrogen and oxygen atoms in total. The number of ketones is 2. The van der Waals surface area contributed by atoms with Crippen molar-refractivity contribution in [2.75, 3.05) is 10.6 Å². The van der Waals surface area contributed by atoms with E-state index in [1.165, 1.54) is 30.3 Å². The maximum absolute atomic E-state index is 13.5. The second-order valence-corrected chi connectivity index (χ2v) is 12.0. The molecule has 2 atom stereocenters. The molecule has 0 saturated carbocycles. The molecule has 0 heterocycles. The van der Waals surface area contributed by atoms with Crippen LogP contribution in [0.15, 0.2) is 80.8 Å². The number of nitrogens with two attached hydrogens (primary N) is 1. The molecule has 1 amide bonds. The van der Waals surface area contributed by atoms with Gasteiger partial charge in [-0.1, -0.05) is 30.8 Å². The van der Waals surface area contributed by atoms with Crippen molar-refractivity contribution in [1.82, 2.24) is 0 Å². The van der Waals surface area contributed by atoms with Gasteiger partial charge in [0.15, 0.2) is 11.6 Å². The highest BCUT2D eigenvalue weighted by Crippen LogP contribution is 2.43. The summed E-state index contributed by atoms with van der Waals surface area (Å²) in [6, 6.07) is 9.10. The molecule has 0 bridgehead atoms. The van der Waals surface area contributed by atoms with Gasteiger partial charge in [-0.25, -0.2) is 0 Å². The number of benzene rings is 2. The first kappa shape index (κ1) is 27.4. The first-order valence-electron chi connectivity index (χ1n) is 10.5.